The van der Waals surface area contributed by atoms with E-state index in [1.54, 1.807) is 21.1 Å². The van der Waals surface area contributed by atoms with Gasteiger partial charge in [0.05, 0.1) is 24.4 Å². The van der Waals surface area contributed by atoms with Gasteiger partial charge in [-0.05, 0) is 13.8 Å². The molecule has 0 spiro atoms. The minimum Gasteiger partial charge on any atom is -0.390 e. The Morgan fingerprint density at radius 3 is 2.14 bits per heavy atom. The molecule has 2 heterocycles. The van der Waals surface area contributed by atoms with Crippen LogP contribution in [0.5, 0.6) is 0 Å². The average molecular weight is 306 g/mol. The quantitative estimate of drug-likeness (QED) is 0.757. The number of methoxy groups -OCH3 is 2. The summed E-state index contributed by atoms with van der Waals surface area (Å²) in [6.07, 6.45) is -3.13. The maximum atomic E-state index is 10.2. The van der Waals surface area contributed by atoms with Crippen LogP contribution >= 0.6 is 0 Å². The van der Waals surface area contributed by atoms with Crippen molar-refractivity contribution in [3.63, 3.8) is 0 Å². The normalized spacial score (nSPS) is 48.3. The van der Waals surface area contributed by atoms with Gasteiger partial charge in [0.25, 0.3) is 0 Å². The van der Waals surface area contributed by atoms with E-state index in [2.05, 4.69) is 0 Å². The van der Waals surface area contributed by atoms with E-state index < -0.39 is 37.0 Å². The molecule has 0 saturated carbocycles. The summed E-state index contributed by atoms with van der Waals surface area (Å²) in [4.78, 5) is 0. The van der Waals surface area contributed by atoms with E-state index in [9.17, 15) is 10.2 Å². The summed E-state index contributed by atoms with van der Waals surface area (Å²) in [7, 11) is 3.09. The van der Waals surface area contributed by atoms with Gasteiger partial charge in [0.1, 0.15) is 12.2 Å². The van der Waals surface area contributed by atoms with Gasteiger partial charge in [0.15, 0.2) is 12.6 Å². The molecule has 7 heteroatoms. The molecule has 0 aromatic heterocycles. The van der Waals surface area contributed by atoms with E-state index in [-0.39, 0.29) is 12.2 Å². The molecule has 0 aliphatic carbocycles. The van der Waals surface area contributed by atoms with Gasteiger partial charge in [0, 0.05) is 27.1 Å². The largest absolute Gasteiger partial charge is 0.390 e. The van der Waals surface area contributed by atoms with Gasteiger partial charge in [-0.25, -0.2) is 0 Å². The van der Waals surface area contributed by atoms with Crippen LogP contribution in [0.3, 0.4) is 0 Å². The van der Waals surface area contributed by atoms with Crippen molar-refractivity contribution in [2.24, 2.45) is 0 Å². The summed E-state index contributed by atoms with van der Waals surface area (Å²) < 4.78 is 27.5. The first kappa shape index (κ1) is 17.1. The third-order valence-corrected chi connectivity index (χ3v) is 4.17. The number of ether oxygens (including phenoxy) is 5. The lowest BCUT2D eigenvalue weighted by atomic mass is 10.0. The number of aliphatic hydroxyl groups excluding tert-OH is 2. The van der Waals surface area contributed by atoms with Gasteiger partial charge in [-0.3, -0.25) is 0 Å². The number of aliphatic hydroxyl groups is 2. The minimum absolute atomic E-state index is 0.314. The second-order valence-corrected chi connectivity index (χ2v) is 5.68. The Labute approximate surface area is 125 Å². The van der Waals surface area contributed by atoms with Gasteiger partial charge >= 0.3 is 0 Å². The Bertz CT molecular complexity index is 314. The monoisotopic (exact) mass is 306 g/mol. The highest BCUT2D eigenvalue weighted by Crippen LogP contribution is 2.29. The van der Waals surface area contributed by atoms with Crippen LogP contribution in [0.2, 0.25) is 0 Å². The first-order valence-corrected chi connectivity index (χ1v) is 7.34. The van der Waals surface area contributed by atoms with Crippen LogP contribution in [0.25, 0.3) is 0 Å². The molecule has 7 nitrogen and oxygen atoms in total. The summed E-state index contributed by atoms with van der Waals surface area (Å²) in [6.45, 7) is 3.60. The molecule has 2 rings (SSSR count). The van der Waals surface area contributed by atoms with Gasteiger partial charge in [-0.1, -0.05) is 0 Å². The van der Waals surface area contributed by atoms with Crippen molar-refractivity contribution < 1.29 is 33.9 Å². The van der Waals surface area contributed by atoms with E-state index in [0.717, 1.165) is 0 Å². The van der Waals surface area contributed by atoms with Crippen LogP contribution in [0.1, 0.15) is 26.7 Å². The molecule has 0 radical (unpaired) electrons. The third-order valence-electron chi connectivity index (χ3n) is 4.17. The highest BCUT2D eigenvalue weighted by Gasteiger charge is 2.42. The highest BCUT2D eigenvalue weighted by molar-refractivity contribution is 4.85. The average Bonchev–Trinajstić information content (AvgIpc) is 2.45. The fraction of sp³-hybridized carbons (Fsp3) is 1.00. The highest BCUT2D eigenvalue weighted by atomic mass is 16.7. The fourth-order valence-electron chi connectivity index (χ4n) is 2.88. The zero-order chi connectivity index (χ0) is 15.6. The number of rotatable bonds is 4. The molecule has 0 amide bonds. The SMILES string of the molecule is CO[C@H]1C[C@H](O)[C@H](O[C@H]2C[C@H](OC)[C@H](O)[C@H](C)O2)[C@@H](C)O1. The molecule has 124 valence electrons. The van der Waals surface area contributed by atoms with Crippen molar-refractivity contribution in [3.8, 4) is 0 Å². The van der Waals surface area contributed by atoms with Crippen molar-refractivity contribution in [1.29, 1.82) is 0 Å². The smallest absolute Gasteiger partial charge is 0.161 e. The van der Waals surface area contributed by atoms with Gasteiger partial charge < -0.3 is 33.9 Å². The van der Waals surface area contributed by atoms with Crippen LogP contribution in [-0.4, -0.2) is 73.6 Å². The lowest BCUT2D eigenvalue weighted by Gasteiger charge is -2.42. The maximum Gasteiger partial charge on any atom is 0.161 e. The van der Waals surface area contributed by atoms with Crippen LogP contribution in [0.4, 0.5) is 0 Å². The van der Waals surface area contributed by atoms with Gasteiger partial charge in [0.2, 0.25) is 0 Å². The first-order valence-electron chi connectivity index (χ1n) is 7.34. The molecule has 2 aliphatic rings. The first-order chi connectivity index (χ1) is 9.96. The summed E-state index contributed by atoms with van der Waals surface area (Å²) >= 11 is 0. The summed E-state index contributed by atoms with van der Waals surface area (Å²) in [5.41, 5.74) is 0. The summed E-state index contributed by atoms with van der Waals surface area (Å²) in [6, 6.07) is 0. The molecule has 8 atom stereocenters. The van der Waals surface area contributed by atoms with Crippen molar-refractivity contribution in [1.82, 2.24) is 0 Å². The molecular weight excluding hydrogens is 280 g/mol. The summed E-state index contributed by atoms with van der Waals surface area (Å²) in [5, 5.41) is 20.1. The predicted molar refractivity (Wildman–Crippen MR) is 72.6 cm³/mol. The second kappa shape index (κ2) is 7.32. The standard InChI is InChI=1S/C14H26O7/c1-7-13(16)10(17-3)6-12(19-7)21-14-8(2)20-11(18-4)5-9(14)15/h7-16H,5-6H2,1-4H3/t7-,8+,9-,10-,11+,12-,13+,14+/m0/s1. The van der Waals surface area contributed by atoms with Crippen LogP contribution in [0, 0.1) is 0 Å². The number of hydrogen-bond donors (Lipinski definition) is 2. The zero-order valence-corrected chi connectivity index (χ0v) is 13.0. The molecular formula is C14H26O7. The van der Waals surface area contributed by atoms with E-state index in [1.165, 1.54) is 0 Å². The molecule has 2 fully saturated rings. The number of hydrogen-bond acceptors (Lipinski definition) is 7. The van der Waals surface area contributed by atoms with Crippen molar-refractivity contribution in [2.75, 3.05) is 14.2 Å². The molecule has 0 bridgehead atoms. The molecule has 0 unspecified atom stereocenters. The molecule has 2 N–H and O–H groups in total. The fourth-order valence-corrected chi connectivity index (χ4v) is 2.88. The van der Waals surface area contributed by atoms with Gasteiger partial charge in [-0.2, -0.15) is 0 Å². The molecule has 0 aromatic carbocycles. The zero-order valence-electron chi connectivity index (χ0n) is 13.0. The van der Waals surface area contributed by atoms with Crippen molar-refractivity contribution in [3.05, 3.63) is 0 Å². The van der Waals surface area contributed by atoms with Crippen LogP contribution < -0.4 is 0 Å². The molecule has 2 saturated heterocycles. The topological polar surface area (TPSA) is 86.6 Å². The molecule has 2 aliphatic heterocycles. The Morgan fingerprint density at radius 1 is 0.905 bits per heavy atom. The lowest BCUT2D eigenvalue weighted by molar-refractivity contribution is -0.310. The Balaban J connectivity index is 1.94. The summed E-state index contributed by atoms with van der Waals surface area (Å²) in [5.74, 6) is 0. The van der Waals surface area contributed by atoms with E-state index in [1.807, 2.05) is 6.92 Å². The van der Waals surface area contributed by atoms with E-state index in [4.69, 9.17) is 23.7 Å². The predicted octanol–water partition coefficient (Wildman–Crippen LogP) is 0.0246. The van der Waals surface area contributed by atoms with E-state index in [0.29, 0.717) is 12.8 Å². The molecule has 21 heavy (non-hydrogen) atoms. The lowest BCUT2D eigenvalue weighted by Crippen LogP contribution is -2.54. The Kier molecular flexibility index (Phi) is 5.96. The van der Waals surface area contributed by atoms with E-state index >= 15 is 0 Å². The maximum absolute atomic E-state index is 10.2. The second-order valence-electron chi connectivity index (χ2n) is 5.68. The molecule has 0 aromatic rings. The van der Waals surface area contributed by atoms with Crippen molar-refractivity contribution >= 4 is 0 Å². The Morgan fingerprint density at radius 2 is 1.57 bits per heavy atom. The van der Waals surface area contributed by atoms with Gasteiger partial charge in [-0.15, -0.1) is 0 Å². The van der Waals surface area contributed by atoms with Crippen LogP contribution in [-0.2, 0) is 23.7 Å². The minimum atomic E-state index is -0.689. The van der Waals surface area contributed by atoms with Crippen molar-refractivity contribution in [2.45, 2.75) is 75.9 Å². The third kappa shape index (κ3) is 3.92. The Hall–Kier alpha value is -0.280. The van der Waals surface area contributed by atoms with Crippen LogP contribution in [0.15, 0.2) is 0 Å².